The molecule has 0 aliphatic carbocycles. The number of fused-ring (bicyclic) bond motifs is 1. The number of nitrogens with zero attached hydrogens (tertiary/aromatic N) is 4. The quantitative estimate of drug-likeness (QED) is 0.379. The molecule has 11 nitrogen and oxygen atoms in total. The number of nitrogens with one attached hydrogen (secondary N) is 1. The number of benzene rings is 2. The van der Waals surface area contributed by atoms with Crippen LogP contribution in [-0.2, 0) is 19.7 Å². The second kappa shape index (κ2) is 12.5. The maximum Gasteiger partial charge on any atom is 0.301 e. The molecule has 3 heterocycles. The van der Waals surface area contributed by atoms with Crippen molar-refractivity contribution in [3.8, 4) is 5.75 Å². The normalized spacial score (nSPS) is 19.4. The highest BCUT2D eigenvalue weighted by Crippen LogP contribution is 2.31. The summed E-state index contributed by atoms with van der Waals surface area (Å²) >= 11 is 0. The number of amides is 1. The number of hydrogen-bond donors (Lipinski definition) is 2. The van der Waals surface area contributed by atoms with Crippen LogP contribution < -0.4 is 9.46 Å². The number of ether oxygens (including phenoxy) is 2. The number of β-amino-alcohol motifs (C(OH)–C–C–N with tert-alkyl or cyclic N) is 1. The Morgan fingerprint density at radius 1 is 1.15 bits per heavy atom. The number of hydrogen-bond acceptors (Lipinski definition) is 8. The molecule has 2 aliphatic rings. The lowest BCUT2D eigenvalue weighted by atomic mass is 10.0. The molecule has 2 N–H and O–H groups in total. The average molecular weight is 570 g/mol. The molecule has 0 radical (unpaired) electrons. The van der Waals surface area contributed by atoms with Crippen LogP contribution in [0.15, 0.2) is 60.8 Å². The third-order valence-corrected chi connectivity index (χ3v) is 8.88. The third kappa shape index (κ3) is 6.53. The molecule has 214 valence electrons. The van der Waals surface area contributed by atoms with E-state index in [0.29, 0.717) is 48.6 Å². The fourth-order valence-corrected chi connectivity index (χ4v) is 6.31. The van der Waals surface area contributed by atoms with Crippen LogP contribution in [0.25, 0.3) is 10.9 Å². The molecule has 5 rings (SSSR count). The van der Waals surface area contributed by atoms with Gasteiger partial charge in [-0.1, -0.05) is 30.3 Å². The third-order valence-electron chi connectivity index (χ3n) is 7.35. The lowest BCUT2D eigenvalue weighted by Crippen LogP contribution is -2.43. The van der Waals surface area contributed by atoms with Crippen molar-refractivity contribution in [3.05, 3.63) is 66.4 Å². The van der Waals surface area contributed by atoms with Gasteiger partial charge in [0.15, 0.2) is 6.61 Å². The van der Waals surface area contributed by atoms with Crippen molar-refractivity contribution in [2.24, 2.45) is 0 Å². The summed E-state index contributed by atoms with van der Waals surface area (Å²) in [7, 11) is -2.02. The summed E-state index contributed by atoms with van der Waals surface area (Å²) in [6.45, 7) is 3.02. The average Bonchev–Trinajstić information content (AvgIpc) is 3.40. The van der Waals surface area contributed by atoms with Gasteiger partial charge in [0.25, 0.3) is 5.91 Å². The Morgan fingerprint density at radius 3 is 2.65 bits per heavy atom. The van der Waals surface area contributed by atoms with Gasteiger partial charge in [0.1, 0.15) is 5.75 Å². The molecule has 2 saturated heterocycles. The van der Waals surface area contributed by atoms with Gasteiger partial charge in [-0.3, -0.25) is 19.4 Å². The zero-order chi connectivity index (χ0) is 28.1. The number of pyridine rings is 1. The lowest BCUT2D eigenvalue weighted by Gasteiger charge is -2.32. The molecule has 1 amide bonds. The highest BCUT2D eigenvalue weighted by atomic mass is 32.2. The second-order valence-electron chi connectivity index (χ2n) is 10.1. The molecule has 0 bridgehead atoms. The van der Waals surface area contributed by atoms with Crippen molar-refractivity contribution < 1.29 is 27.8 Å². The second-order valence-corrected chi connectivity index (χ2v) is 11.7. The Hall–Kier alpha value is -3.29. The van der Waals surface area contributed by atoms with Crippen LogP contribution in [0, 0.1) is 0 Å². The summed E-state index contributed by atoms with van der Waals surface area (Å²) in [6.07, 6.45) is 1.96. The SMILES string of the molecule is CN(C(=O)COc1ccc(NS(=O)(=O)N2CCOCC2)c2ncccc12)[C@H](CN1CC[C@H](O)C1)c1ccccc1. The van der Waals surface area contributed by atoms with Gasteiger partial charge < -0.3 is 19.5 Å². The van der Waals surface area contributed by atoms with E-state index in [0.717, 1.165) is 18.5 Å². The Kier molecular flexibility index (Phi) is 8.81. The first-order chi connectivity index (χ1) is 19.3. The van der Waals surface area contributed by atoms with Crippen LogP contribution in [0.4, 0.5) is 5.69 Å². The number of rotatable bonds is 10. The molecule has 2 fully saturated rings. The van der Waals surface area contributed by atoms with Gasteiger partial charge in [-0.15, -0.1) is 0 Å². The van der Waals surface area contributed by atoms with Crippen molar-refractivity contribution in [1.29, 1.82) is 0 Å². The smallest absolute Gasteiger partial charge is 0.301 e. The Bertz CT molecular complexity index is 1420. The van der Waals surface area contributed by atoms with Gasteiger partial charge >= 0.3 is 10.2 Å². The van der Waals surface area contributed by atoms with E-state index in [1.54, 1.807) is 42.4 Å². The van der Waals surface area contributed by atoms with E-state index in [-0.39, 0.29) is 37.7 Å². The monoisotopic (exact) mass is 569 g/mol. The van der Waals surface area contributed by atoms with Gasteiger partial charge in [-0.2, -0.15) is 12.7 Å². The van der Waals surface area contributed by atoms with Gasteiger partial charge in [0, 0.05) is 51.4 Å². The van der Waals surface area contributed by atoms with Crippen molar-refractivity contribution in [1.82, 2.24) is 19.1 Å². The van der Waals surface area contributed by atoms with E-state index in [9.17, 15) is 18.3 Å². The van der Waals surface area contributed by atoms with E-state index in [1.165, 1.54) is 4.31 Å². The summed E-state index contributed by atoms with van der Waals surface area (Å²) in [5.74, 6) is 0.223. The first kappa shape index (κ1) is 28.2. The summed E-state index contributed by atoms with van der Waals surface area (Å²) in [6, 6.07) is 16.4. The molecule has 2 atom stereocenters. The lowest BCUT2D eigenvalue weighted by molar-refractivity contribution is -0.134. The van der Waals surface area contributed by atoms with Crippen LogP contribution >= 0.6 is 0 Å². The van der Waals surface area contributed by atoms with Gasteiger partial charge in [-0.05, 0) is 36.2 Å². The predicted molar refractivity (Wildman–Crippen MR) is 151 cm³/mol. The number of likely N-dealkylation sites (N-methyl/N-ethyl adjacent to an activating group) is 1. The predicted octanol–water partition coefficient (Wildman–Crippen LogP) is 1.87. The molecular weight excluding hydrogens is 534 g/mol. The maximum atomic E-state index is 13.3. The van der Waals surface area contributed by atoms with Crippen LogP contribution in [0.3, 0.4) is 0 Å². The van der Waals surface area contributed by atoms with E-state index >= 15 is 0 Å². The number of carbonyl (C=O) groups excluding carboxylic acids is 1. The minimum Gasteiger partial charge on any atom is -0.483 e. The number of anilines is 1. The molecule has 0 unspecified atom stereocenters. The number of morpholine rings is 1. The summed E-state index contributed by atoms with van der Waals surface area (Å²) in [5, 5.41) is 10.6. The van der Waals surface area contributed by atoms with Crippen molar-refractivity contribution in [2.45, 2.75) is 18.6 Å². The maximum absolute atomic E-state index is 13.3. The minimum absolute atomic E-state index is 0.203. The van der Waals surface area contributed by atoms with Gasteiger partial charge in [-0.25, -0.2) is 0 Å². The first-order valence-electron chi connectivity index (χ1n) is 13.4. The topological polar surface area (TPSA) is 125 Å². The highest BCUT2D eigenvalue weighted by Gasteiger charge is 2.29. The summed E-state index contributed by atoms with van der Waals surface area (Å²) < 4.78 is 41.1. The Balaban J connectivity index is 1.30. The minimum atomic E-state index is -3.79. The number of aromatic nitrogens is 1. The van der Waals surface area contributed by atoms with Gasteiger partial charge in [0.05, 0.1) is 36.6 Å². The highest BCUT2D eigenvalue weighted by molar-refractivity contribution is 7.90. The molecule has 12 heteroatoms. The molecule has 0 saturated carbocycles. The van der Waals surface area contributed by atoms with Gasteiger partial charge in [0.2, 0.25) is 0 Å². The molecule has 40 heavy (non-hydrogen) atoms. The molecule has 1 aromatic heterocycles. The van der Waals surface area contributed by atoms with E-state index < -0.39 is 10.2 Å². The van der Waals surface area contributed by atoms with Crippen LogP contribution in [0.1, 0.15) is 18.0 Å². The number of carbonyl (C=O) groups is 1. The fourth-order valence-electron chi connectivity index (χ4n) is 5.11. The number of aliphatic hydroxyl groups is 1. The standard InChI is InChI=1S/C28H35N5O6S/c1-31(25(21-6-3-2-4-7-21)19-32-13-11-22(34)18-32)27(35)20-39-26-10-9-24(28-23(26)8-5-12-29-28)30-40(36,37)33-14-16-38-17-15-33/h2-10,12,22,25,30,34H,11,13-20H2,1H3/t22-,25+/m0/s1. The number of aliphatic hydroxyl groups excluding tert-OH is 1. The fraction of sp³-hybridized carbons (Fsp3) is 0.429. The zero-order valence-electron chi connectivity index (χ0n) is 22.5. The summed E-state index contributed by atoms with van der Waals surface area (Å²) in [5.41, 5.74) is 1.76. The molecule has 3 aromatic rings. The first-order valence-corrected chi connectivity index (χ1v) is 14.8. The van der Waals surface area contributed by atoms with Crippen LogP contribution in [-0.4, -0.2) is 104 Å². The van der Waals surface area contributed by atoms with E-state index in [4.69, 9.17) is 9.47 Å². The zero-order valence-corrected chi connectivity index (χ0v) is 23.3. The molecule has 2 aromatic carbocycles. The number of likely N-dealkylation sites (tertiary alicyclic amines) is 1. The summed E-state index contributed by atoms with van der Waals surface area (Å²) in [4.78, 5) is 21.6. The molecule has 0 spiro atoms. The van der Waals surface area contributed by atoms with Crippen LogP contribution in [0.2, 0.25) is 0 Å². The van der Waals surface area contributed by atoms with E-state index in [2.05, 4.69) is 14.6 Å². The molecule has 2 aliphatic heterocycles. The van der Waals surface area contributed by atoms with Crippen molar-refractivity contribution >= 4 is 32.7 Å². The van der Waals surface area contributed by atoms with E-state index in [1.807, 2.05) is 30.3 Å². The molecular formula is C28H35N5O6S. The Morgan fingerprint density at radius 2 is 1.93 bits per heavy atom. The Labute approximate surface area is 234 Å². The largest absolute Gasteiger partial charge is 0.483 e. The van der Waals surface area contributed by atoms with Crippen molar-refractivity contribution in [2.75, 3.05) is 64.3 Å². The van der Waals surface area contributed by atoms with Crippen LogP contribution in [0.5, 0.6) is 5.75 Å². The van der Waals surface area contributed by atoms with Crippen molar-refractivity contribution in [3.63, 3.8) is 0 Å².